The number of ether oxygens (including phenoxy) is 1. The molecular weight excluding hydrogens is 376 g/mol. The van der Waals surface area contributed by atoms with Crippen molar-refractivity contribution < 1.29 is 9.53 Å². The third-order valence-corrected chi connectivity index (χ3v) is 4.42. The van der Waals surface area contributed by atoms with Crippen LogP contribution in [0.25, 0.3) is 0 Å². The first kappa shape index (κ1) is 19.1. The molecule has 1 aromatic heterocycles. The van der Waals surface area contributed by atoms with Crippen LogP contribution in [0.3, 0.4) is 0 Å². The molecule has 0 bridgehead atoms. The Morgan fingerprint density at radius 1 is 0.833 bits per heavy atom. The Hall–Kier alpha value is -4.19. The van der Waals surface area contributed by atoms with Crippen LogP contribution in [0.15, 0.2) is 91.3 Å². The van der Waals surface area contributed by atoms with Crippen LogP contribution < -0.4 is 15.4 Å². The van der Waals surface area contributed by atoms with Gasteiger partial charge in [0.1, 0.15) is 5.75 Å². The van der Waals surface area contributed by atoms with E-state index in [2.05, 4.69) is 20.6 Å². The molecule has 0 radical (unpaired) electrons. The van der Waals surface area contributed by atoms with Gasteiger partial charge >= 0.3 is 6.01 Å². The standard InChI is InChI=1S/C24H20N4O2/c1-17-16-19(30-24-25-14-7-15-26-24)12-13-21(17)28-23(29)20-10-5-6-11-22(20)27-18-8-3-2-4-9-18/h2-16,27H,1H3,(H,28,29). The number of nitrogens with one attached hydrogen (secondary N) is 2. The zero-order valence-electron chi connectivity index (χ0n) is 16.4. The molecule has 0 aliphatic rings. The second-order valence-corrected chi connectivity index (χ2v) is 6.60. The van der Waals surface area contributed by atoms with E-state index in [1.807, 2.05) is 61.5 Å². The minimum absolute atomic E-state index is 0.197. The maximum atomic E-state index is 13.0. The largest absolute Gasteiger partial charge is 0.424 e. The van der Waals surface area contributed by atoms with Crippen molar-refractivity contribution in [2.45, 2.75) is 6.92 Å². The molecule has 6 heteroatoms. The van der Waals surface area contributed by atoms with Gasteiger partial charge in [0.25, 0.3) is 5.91 Å². The van der Waals surface area contributed by atoms with Gasteiger partial charge in [-0.2, -0.15) is 0 Å². The summed E-state index contributed by atoms with van der Waals surface area (Å²) in [5.74, 6) is 0.403. The van der Waals surface area contributed by atoms with Gasteiger partial charge in [0.05, 0.1) is 11.3 Å². The monoisotopic (exact) mass is 396 g/mol. The van der Waals surface area contributed by atoms with Gasteiger partial charge in [-0.15, -0.1) is 0 Å². The summed E-state index contributed by atoms with van der Waals surface area (Å²) in [6, 6.07) is 24.6. The fourth-order valence-corrected chi connectivity index (χ4v) is 2.94. The number of anilines is 3. The predicted octanol–water partition coefficient (Wildman–Crippen LogP) is 5.57. The van der Waals surface area contributed by atoms with E-state index >= 15 is 0 Å². The van der Waals surface area contributed by atoms with Crippen molar-refractivity contribution in [3.05, 3.63) is 102 Å². The second kappa shape index (κ2) is 8.87. The van der Waals surface area contributed by atoms with Gasteiger partial charge in [-0.25, -0.2) is 9.97 Å². The third-order valence-electron chi connectivity index (χ3n) is 4.42. The summed E-state index contributed by atoms with van der Waals surface area (Å²) < 4.78 is 5.64. The predicted molar refractivity (Wildman–Crippen MR) is 117 cm³/mol. The van der Waals surface area contributed by atoms with Crippen LogP contribution in [0, 0.1) is 6.92 Å². The summed E-state index contributed by atoms with van der Waals surface area (Å²) in [5.41, 5.74) is 3.78. The molecule has 148 valence electrons. The fourth-order valence-electron chi connectivity index (χ4n) is 2.94. The lowest BCUT2D eigenvalue weighted by Crippen LogP contribution is -2.14. The summed E-state index contributed by atoms with van der Waals surface area (Å²) in [6.45, 7) is 1.91. The second-order valence-electron chi connectivity index (χ2n) is 6.60. The van der Waals surface area contributed by atoms with Gasteiger partial charge in [0.15, 0.2) is 0 Å². The van der Waals surface area contributed by atoms with Crippen molar-refractivity contribution in [2.24, 2.45) is 0 Å². The van der Waals surface area contributed by atoms with E-state index in [0.29, 0.717) is 17.0 Å². The molecule has 0 spiro atoms. The van der Waals surface area contributed by atoms with Crippen LogP contribution in [-0.2, 0) is 0 Å². The quantitative estimate of drug-likeness (QED) is 0.445. The average Bonchev–Trinajstić information content (AvgIpc) is 2.77. The van der Waals surface area contributed by atoms with Crippen LogP contribution in [0.5, 0.6) is 11.8 Å². The number of carbonyl (C=O) groups is 1. The summed E-state index contributed by atoms with van der Waals surface area (Å²) >= 11 is 0. The van der Waals surface area contributed by atoms with E-state index in [9.17, 15) is 4.79 Å². The Bertz CT molecular complexity index is 1150. The Balaban J connectivity index is 1.50. The highest BCUT2D eigenvalue weighted by Crippen LogP contribution is 2.26. The molecule has 0 saturated carbocycles. The van der Waals surface area contributed by atoms with Gasteiger partial charge < -0.3 is 15.4 Å². The molecule has 6 nitrogen and oxygen atoms in total. The lowest BCUT2D eigenvalue weighted by molar-refractivity contribution is 0.102. The van der Waals surface area contributed by atoms with Crippen molar-refractivity contribution in [2.75, 3.05) is 10.6 Å². The summed E-state index contributed by atoms with van der Waals surface area (Å²) in [4.78, 5) is 21.0. The molecule has 1 heterocycles. The summed E-state index contributed by atoms with van der Waals surface area (Å²) in [7, 11) is 0. The first-order valence-electron chi connectivity index (χ1n) is 9.47. The minimum Gasteiger partial charge on any atom is -0.424 e. The highest BCUT2D eigenvalue weighted by molar-refractivity contribution is 6.08. The van der Waals surface area contributed by atoms with E-state index in [1.165, 1.54) is 0 Å². The Morgan fingerprint density at radius 2 is 1.57 bits per heavy atom. The fraction of sp³-hybridized carbons (Fsp3) is 0.0417. The number of rotatable bonds is 6. The van der Waals surface area contributed by atoms with Gasteiger partial charge in [-0.05, 0) is 61.0 Å². The van der Waals surface area contributed by atoms with Crippen LogP contribution in [0.1, 0.15) is 15.9 Å². The van der Waals surface area contributed by atoms with Crippen LogP contribution in [-0.4, -0.2) is 15.9 Å². The van der Waals surface area contributed by atoms with Crippen molar-refractivity contribution in [1.29, 1.82) is 0 Å². The maximum Gasteiger partial charge on any atom is 0.321 e. The number of hydrogen-bond donors (Lipinski definition) is 2. The molecule has 4 rings (SSSR count). The number of amides is 1. The Labute approximate surface area is 174 Å². The summed E-state index contributed by atoms with van der Waals surface area (Å²) in [6.07, 6.45) is 3.23. The van der Waals surface area contributed by atoms with Crippen molar-refractivity contribution in [1.82, 2.24) is 9.97 Å². The highest BCUT2D eigenvalue weighted by Gasteiger charge is 2.13. The third kappa shape index (κ3) is 4.62. The van der Waals surface area contributed by atoms with Crippen molar-refractivity contribution in [3.63, 3.8) is 0 Å². The molecule has 0 saturated heterocycles. The first-order chi connectivity index (χ1) is 14.7. The molecule has 3 aromatic carbocycles. The van der Waals surface area contributed by atoms with Gasteiger partial charge in [-0.3, -0.25) is 4.79 Å². The normalized spacial score (nSPS) is 10.3. The van der Waals surface area contributed by atoms with E-state index in [-0.39, 0.29) is 11.9 Å². The molecule has 30 heavy (non-hydrogen) atoms. The van der Waals surface area contributed by atoms with Crippen molar-refractivity contribution >= 4 is 23.0 Å². The lowest BCUT2D eigenvalue weighted by Gasteiger charge is -2.14. The van der Waals surface area contributed by atoms with E-state index in [1.54, 1.807) is 36.7 Å². The van der Waals surface area contributed by atoms with E-state index in [0.717, 1.165) is 16.9 Å². The highest BCUT2D eigenvalue weighted by atomic mass is 16.5. The van der Waals surface area contributed by atoms with Gasteiger partial charge in [0.2, 0.25) is 0 Å². The van der Waals surface area contributed by atoms with E-state index in [4.69, 9.17) is 4.74 Å². The molecule has 4 aromatic rings. The minimum atomic E-state index is -0.197. The number of para-hydroxylation sites is 2. The molecule has 2 N–H and O–H groups in total. The molecule has 0 unspecified atom stereocenters. The van der Waals surface area contributed by atoms with Crippen LogP contribution in [0.2, 0.25) is 0 Å². The SMILES string of the molecule is Cc1cc(Oc2ncccn2)ccc1NC(=O)c1ccccc1Nc1ccccc1. The maximum absolute atomic E-state index is 13.0. The number of aryl methyl sites for hydroxylation is 1. The molecule has 1 amide bonds. The lowest BCUT2D eigenvalue weighted by atomic mass is 10.1. The number of hydrogen-bond acceptors (Lipinski definition) is 5. The molecular formula is C24H20N4O2. The first-order valence-corrected chi connectivity index (χ1v) is 9.47. The van der Waals surface area contributed by atoms with Crippen LogP contribution >= 0.6 is 0 Å². The molecule has 0 fully saturated rings. The molecule has 0 atom stereocenters. The average molecular weight is 396 g/mol. The Morgan fingerprint density at radius 3 is 2.33 bits per heavy atom. The van der Waals surface area contributed by atoms with Crippen molar-refractivity contribution in [3.8, 4) is 11.8 Å². The molecule has 0 aliphatic carbocycles. The van der Waals surface area contributed by atoms with E-state index < -0.39 is 0 Å². The van der Waals surface area contributed by atoms with Gasteiger partial charge in [-0.1, -0.05) is 30.3 Å². The number of benzene rings is 3. The van der Waals surface area contributed by atoms with Crippen LogP contribution in [0.4, 0.5) is 17.1 Å². The smallest absolute Gasteiger partial charge is 0.321 e. The Kier molecular flexibility index (Phi) is 5.66. The number of aromatic nitrogens is 2. The molecule has 0 aliphatic heterocycles. The number of nitrogens with zero attached hydrogens (tertiary/aromatic N) is 2. The topological polar surface area (TPSA) is 76.1 Å². The zero-order chi connectivity index (χ0) is 20.8. The van der Waals surface area contributed by atoms with Gasteiger partial charge in [0, 0.05) is 23.8 Å². The zero-order valence-corrected chi connectivity index (χ0v) is 16.4. The number of carbonyl (C=O) groups excluding carboxylic acids is 1. The summed E-state index contributed by atoms with van der Waals surface area (Å²) in [5, 5.41) is 6.27.